The number of hydrogen-bond acceptors (Lipinski definition) is 8. The molecule has 0 radical (unpaired) electrons. The van der Waals surface area contributed by atoms with Crippen LogP contribution in [0.1, 0.15) is 59.1 Å². The first-order valence-electron chi connectivity index (χ1n) is 15.6. The van der Waals surface area contributed by atoms with Crippen molar-refractivity contribution in [1.29, 1.82) is 0 Å². The molecule has 0 fully saturated rings. The molecule has 0 aliphatic carbocycles. The molecule has 10 heteroatoms. The number of benzene rings is 4. The number of hydrogen-bond donors (Lipinski definition) is 1. The third-order valence-electron chi connectivity index (χ3n) is 7.91. The van der Waals surface area contributed by atoms with Crippen molar-refractivity contribution in [2.45, 2.75) is 39.4 Å². The van der Waals surface area contributed by atoms with Gasteiger partial charge in [0.15, 0.2) is 6.61 Å². The lowest BCUT2D eigenvalue weighted by atomic mass is 9.93. The highest BCUT2D eigenvalue weighted by Crippen LogP contribution is 2.40. The lowest BCUT2D eigenvalue weighted by Crippen LogP contribution is -2.22. The second-order valence-electron chi connectivity index (χ2n) is 11.6. The van der Waals surface area contributed by atoms with Crippen molar-refractivity contribution in [1.82, 2.24) is 15.0 Å². The van der Waals surface area contributed by atoms with Gasteiger partial charge < -0.3 is 24.4 Å². The maximum absolute atomic E-state index is 12.5. The van der Waals surface area contributed by atoms with E-state index in [-0.39, 0.29) is 18.6 Å². The molecular weight excluding hydrogens is 606 g/mol. The largest absolute Gasteiger partial charge is 0.497 e. The van der Waals surface area contributed by atoms with Crippen molar-refractivity contribution in [2.75, 3.05) is 19.5 Å². The number of rotatable bonds is 11. The fraction of sp³-hybridized carbons (Fsp3) is 0.211. The Bertz CT molecular complexity index is 1930. The third kappa shape index (κ3) is 7.55. The van der Waals surface area contributed by atoms with Crippen LogP contribution in [0.2, 0.25) is 0 Å². The number of fused-ring (bicyclic) bond motifs is 1. The Hall–Kier alpha value is -5.90. The monoisotopic (exact) mass is 643 g/mol. The zero-order valence-corrected chi connectivity index (χ0v) is 27.3. The highest BCUT2D eigenvalue weighted by atomic mass is 16.6. The van der Waals surface area contributed by atoms with Crippen LogP contribution in [0, 0.1) is 0 Å². The molecule has 5 aromatic rings. The SMILES string of the molecule is COc1ccc([C@@H]2C/C(=N/OCc3cn(-c4ccc(NC(=O)c5ccccc5)cc4)nn3)c3cc(CC=C(C)C)c(OC)cc3O2)cc1. The molecule has 4 aromatic carbocycles. The van der Waals surface area contributed by atoms with E-state index in [2.05, 4.69) is 46.8 Å². The Kier molecular flexibility index (Phi) is 9.80. The quantitative estimate of drug-likeness (QED) is 0.117. The molecule has 0 spiro atoms. The van der Waals surface area contributed by atoms with E-state index in [1.165, 1.54) is 5.57 Å². The van der Waals surface area contributed by atoms with Crippen LogP contribution >= 0.6 is 0 Å². The number of nitrogens with zero attached hydrogens (tertiary/aromatic N) is 4. The van der Waals surface area contributed by atoms with Gasteiger partial charge in [0.25, 0.3) is 5.91 Å². The zero-order valence-electron chi connectivity index (χ0n) is 27.3. The maximum atomic E-state index is 12.5. The van der Waals surface area contributed by atoms with Crippen molar-refractivity contribution in [3.05, 3.63) is 137 Å². The molecule has 0 unspecified atom stereocenters. The Balaban J connectivity index is 1.18. The van der Waals surface area contributed by atoms with Crippen LogP contribution in [-0.4, -0.2) is 40.8 Å². The topological polar surface area (TPSA) is 109 Å². The van der Waals surface area contributed by atoms with Crippen LogP contribution in [0.3, 0.4) is 0 Å². The van der Waals surface area contributed by atoms with Crippen LogP contribution in [0.15, 0.2) is 114 Å². The summed E-state index contributed by atoms with van der Waals surface area (Å²) < 4.78 is 19.2. The second-order valence-corrected chi connectivity index (χ2v) is 11.6. The molecule has 1 aliphatic rings. The minimum absolute atomic E-state index is 0.124. The molecule has 1 N–H and O–H groups in total. The van der Waals surface area contributed by atoms with Crippen LogP contribution in [-0.2, 0) is 17.9 Å². The minimum atomic E-state index is -0.277. The maximum Gasteiger partial charge on any atom is 0.255 e. The first-order chi connectivity index (χ1) is 23.4. The molecule has 0 saturated heterocycles. The summed E-state index contributed by atoms with van der Waals surface area (Å²) in [7, 11) is 3.31. The summed E-state index contributed by atoms with van der Waals surface area (Å²) in [5, 5.41) is 16.0. The number of nitrogens with one attached hydrogen (secondary N) is 1. The van der Waals surface area contributed by atoms with E-state index in [0.29, 0.717) is 29.1 Å². The van der Waals surface area contributed by atoms with Gasteiger partial charge in [0, 0.05) is 29.3 Å². The van der Waals surface area contributed by atoms with E-state index in [9.17, 15) is 4.79 Å². The lowest BCUT2D eigenvalue weighted by Gasteiger charge is -2.28. The van der Waals surface area contributed by atoms with Crippen molar-refractivity contribution >= 4 is 17.3 Å². The summed E-state index contributed by atoms with van der Waals surface area (Å²) in [6, 6.07) is 28.3. The van der Waals surface area contributed by atoms with E-state index >= 15 is 0 Å². The summed E-state index contributed by atoms with van der Waals surface area (Å²) in [5.74, 6) is 2.04. The van der Waals surface area contributed by atoms with E-state index in [0.717, 1.165) is 46.0 Å². The molecule has 0 bridgehead atoms. The number of ether oxygens (including phenoxy) is 3. The number of carbonyl (C=O) groups is 1. The number of anilines is 1. The highest BCUT2D eigenvalue weighted by Gasteiger charge is 2.29. The van der Waals surface area contributed by atoms with E-state index in [1.807, 2.05) is 72.8 Å². The Morgan fingerprint density at radius 3 is 2.48 bits per heavy atom. The van der Waals surface area contributed by atoms with Gasteiger partial charge in [0.05, 0.1) is 31.8 Å². The summed E-state index contributed by atoms with van der Waals surface area (Å²) in [4.78, 5) is 18.4. The number of aromatic nitrogens is 3. The Labute approximate surface area is 279 Å². The van der Waals surface area contributed by atoms with Crippen molar-refractivity contribution in [3.8, 4) is 22.9 Å². The van der Waals surface area contributed by atoms with Crippen molar-refractivity contribution in [3.63, 3.8) is 0 Å². The van der Waals surface area contributed by atoms with E-state index in [4.69, 9.17) is 19.0 Å². The van der Waals surface area contributed by atoms with Gasteiger partial charge in [0.2, 0.25) is 0 Å². The Morgan fingerprint density at radius 1 is 1.00 bits per heavy atom. The third-order valence-corrected chi connectivity index (χ3v) is 7.91. The number of oxime groups is 1. The normalized spacial score (nSPS) is 14.4. The van der Waals surface area contributed by atoms with Crippen LogP contribution in [0.25, 0.3) is 5.69 Å². The van der Waals surface area contributed by atoms with Gasteiger partial charge in [-0.1, -0.05) is 52.4 Å². The van der Waals surface area contributed by atoms with Crippen LogP contribution in [0.5, 0.6) is 17.2 Å². The van der Waals surface area contributed by atoms with Gasteiger partial charge in [0.1, 0.15) is 29.0 Å². The molecule has 2 heterocycles. The van der Waals surface area contributed by atoms with Crippen LogP contribution in [0.4, 0.5) is 5.69 Å². The average Bonchev–Trinajstić information content (AvgIpc) is 3.59. The van der Waals surface area contributed by atoms with Gasteiger partial charge in [-0.3, -0.25) is 4.79 Å². The second kappa shape index (κ2) is 14.7. The molecule has 0 saturated carbocycles. The number of methoxy groups -OCH3 is 2. The first-order valence-corrected chi connectivity index (χ1v) is 15.6. The predicted octanol–water partition coefficient (Wildman–Crippen LogP) is 7.49. The summed E-state index contributed by atoms with van der Waals surface area (Å²) >= 11 is 0. The molecular formula is C38H37N5O5. The zero-order chi connectivity index (χ0) is 33.5. The smallest absolute Gasteiger partial charge is 0.255 e. The minimum Gasteiger partial charge on any atom is -0.497 e. The molecule has 244 valence electrons. The molecule has 1 aliphatic heterocycles. The summed E-state index contributed by atoms with van der Waals surface area (Å²) in [6.07, 6.45) is 4.91. The average molecular weight is 644 g/mol. The van der Waals surface area contributed by atoms with E-state index in [1.54, 1.807) is 37.2 Å². The van der Waals surface area contributed by atoms with Gasteiger partial charge >= 0.3 is 0 Å². The van der Waals surface area contributed by atoms with Crippen molar-refractivity contribution < 1.29 is 23.8 Å². The summed E-state index contributed by atoms with van der Waals surface area (Å²) in [6.45, 7) is 4.27. The standard InChI is InChI=1S/C38H37N5O5/c1-25(2)10-11-28-20-33-34(21-36(48-37(33)22-35(28)46-4)26-12-18-32(45-3)19-13-26)41-47-24-30-23-43(42-40-30)31-16-14-29(15-17-31)39-38(44)27-8-6-5-7-9-27/h5-10,12-20,22-23,36H,11,21,24H2,1-4H3,(H,39,44)/b41-34-/t36-/m0/s1. The lowest BCUT2D eigenvalue weighted by molar-refractivity contribution is 0.102. The van der Waals surface area contributed by atoms with Gasteiger partial charge in [-0.15, -0.1) is 5.10 Å². The number of allylic oxidation sites excluding steroid dienone is 2. The molecule has 10 nitrogen and oxygen atoms in total. The van der Waals surface area contributed by atoms with E-state index < -0.39 is 0 Å². The van der Waals surface area contributed by atoms with Crippen molar-refractivity contribution in [2.24, 2.45) is 5.16 Å². The Morgan fingerprint density at radius 2 is 1.77 bits per heavy atom. The number of carbonyl (C=O) groups excluding carboxylic acids is 1. The molecule has 6 rings (SSSR count). The molecule has 1 aromatic heterocycles. The number of amides is 1. The fourth-order valence-electron chi connectivity index (χ4n) is 5.32. The van der Waals surface area contributed by atoms with Gasteiger partial charge in [-0.2, -0.15) is 0 Å². The predicted molar refractivity (Wildman–Crippen MR) is 184 cm³/mol. The van der Waals surface area contributed by atoms with Gasteiger partial charge in [-0.05, 0) is 86.0 Å². The summed E-state index contributed by atoms with van der Waals surface area (Å²) in [5.41, 5.74) is 7.55. The van der Waals surface area contributed by atoms with Gasteiger partial charge in [-0.25, -0.2) is 4.68 Å². The fourth-order valence-corrected chi connectivity index (χ4v) is 5.32. The van der Waals surface area contributed by atoms with Crippen LogP contribution < -0.4 is 19.5 Å². The first kappa shape index (κ1) is 32.1. The molecule has 1 amide bonds. The highest BCUT2D eigenvalue weighted by molar-refractivity contribution is 6.05. The molecule has 1 atom stereocenters. The molecule has 48 heavy (non-hydrogen) atoms.